The van der Waals surface area contributed by atoms with Crippen molar-refractivity contribution in [2.75, 3.05) is 13.7 Å². The first-order valence-electron chi connectivity index (χ1n) is 7.78. The molecule has 1 saturated carbocycles. The van der Waals surface area contributed by atoms with Crippen molar-refractivity contribution in [1.82, 2.24) is 0 Å². The third-order valence-electron chi connectivity index (χ3n) is 4.35. The minimum absolute atomic E-state index is 0.0973. The monoisotopic (exact) mass is 290 g/mol. The van der Waals surface area contributed by atoms with E-state index in [0.717, 1.165) is 24.8 Å². The summed E-state index contributed by atoms with van der Waals surface area (Å²) < 4.78 is 11.2. The summed E-state index contributed by atoms with van der Waals surface area (Å²) in [5.74, 6) is 0.204. The van der Waals surface area contributed by atoms with Crippen molar-refractivity contribution in [2.45, 2.75) is 51.6 Å². The summed E-state index contributed by atoms with van der Waals surface area (Å²) in [5.41, 5.74) is 1.57. The maximum atomic E-state index is 12.8. The van der Waals surface area contributed by atoms with Gasteiger partial charge in [-0.1, -0.05) is 43.7 Å². The third-order valence-corrected chi connectivity index (χ3v) is 4.35. The second-order valence-corrected chi connectivity index (χ2v) is 6.45. The van der Waals surface area contributed by atoms with Gasteiger partial charge in [-0.15, -0.1) is 0 Å². The number of benzene rings is 1. The van der Waals surface area contributed by atoms with Gasteiger partial charge in [-0.3, -0.25) is 4.79 Å². The minimum atomic E-state index is -0.642. The van der Waals surface area contributed by atoms with Crippen molar-refractivity contribution in [2.24, 2.45) is 5.92 Å². The second-order valence-electron chi connectivity index (χ2n) is 6.45. The summed E-state index contributed by atoms with van der Waals surface area (Å²) in [6.45, 7) is 6.61. The van der Waals surface area contributed by atoms with Gasteiger partial charge in [0.15, 0.2) is 0 Å². The number of hydrogen-bond donors (Lipinski definition) is 0. The quantitative estimate of drug-likeness (QED) is 0.777. The molecule has 0 aliphatic heterocycles. The highest BCUT2D eigenvalue weighted by Gasteiger charge is 2.52. The predicted octanol–water partition coefficient (Wildman–Crippen LogP) is 3.63. The lowest BCUT2D eigenvalue weighted by atomic mass is 9.76. The van der Waals surface area contributed by atoms with E-state index in [2.05, 4.69) is 19.1 Å². The van der Waals surface area contributed by atoms with E-state index in [0.29, 0.717) is 12.5 Å². The van der Waals surface area contributed by atoms with E-state index in [9.17, 15) is 4.79 Å². The Hall–Kier alpha value is -1.35. The van der Waals surface area contributed by atoms with Gasteiger partial charge in [-0.25, -0.2) is 0 Å². The number of carbonyl (C=O) groups is 1. The largest absolute Gasteiger partial charge is 0.465 e. The second kappa shape index (κ2) is 6.61. The van der Waals surface area contributed by atoms with E-state index in [1.807, 2.05) is 26.0 Å². The Balaban J connectivity index is 2.35. The molecular weight excluding hydrogens is 264 g/mol. The summed E-state index contributed by atoms with van der Waals surface area (Å²) in [4.78, 5) is 12.8. The van der Waals surface area contributed by atoms with Crippen molar-refractivity contribution >= 4 is 5.97 Å². The molecule has 2 unspecified atom stereocenters. The van der Waals surface area contributed by atoms with E-state index in [4.69, 9.17) is 9.47 Å². The number of ether oxygens (including phenoxy) is 2. The zero-order chi connectivity index (χ0) is 15.5. The fourth-order valence-electron chi connectivity index (χ4n) is 3.20. The standard InChI is InChI=1S/C18H26O3/c1-13(2)12-21-17(19)18(11-5-6-16(18)20-4)15-9-7-14(3)8-10-15/h7-10,13,16H,5-6,11-12H2,1-4H3. The number of rotatable bonds is 5. The first-order valence-corrected chi connectivity index (χ1v) is 7.78. The van der Waals surface area contributed by atoms with Crippen molar-refractivity contribution in [1.29, 1.82) is 0 Å². The van der Waals surface area contributed by atoms with Crippen LogP contribution in [0, 0.1) is 12.8 Å². The van der Waals surface area contributed by atoms with Gasteiger partial charge in [0.25, 0.3) is 0 Å². The summed E-state index contributed by atoms with van der Waals surface area (Å²) in [6.07, 6.45) is 2.59. The molecule has 2 rings (SSSR count). The topological polar surface area (TPSA) is 35.5 Å². The smallest absolute Gasteiger partial charge is 0.319 e. The molecule has 2 atom stereocenters. The van der Waals surface area contributed by atoms with Gasteiger partial charge in [-0.2, -0.15) is 0 Å². The normalized spacial score (nSPS) is 25.3. The molecule has 0 spiro atoms. The summed E-state index contributed by atoms with van der Waals surface area (Å²) >= 11 is 0. The molecule has 3 heteroatoms. The molecule has 0 aromatic heterocycles. The molecule has 0 amide bonds. The minimum Gasteiger partial charge on any atom is -0.465 e. The molecule has 1 aromatic carbocycles. The average Bonchev–Trinajstić information content (AvgIpc) is 2.90. The Morgan fingerprint density at radius 3 is 2.57 bits per heavy atom. The number of methoxy groups -OCH3 is 1. The molecule has 1 fully saturated rings. The van der Waals surface area contributed by atoms with Crippen LogP contribution in [0.5, 0.6) is 0 Å². The molecule has 21 heavy (non-hydrogen) atoms. The van der Waals surface area contributed by atoms with Gasteiger partial charge in [0.1, 0.15) is 5.41 Å². The lowest BCUT2D eigenvalue weighted by Gasteiger charge is -2.33. The molecule has 0 radical (unpaired) electrons. The molecule has 1 aliphatic rings. The van der Waals surface area contributed by atoms with E-state index >= 15 is 0 Å². The number of hydrogen-bond acceptors (Lipinski definition) is 3. The van der Waals surface area contributed by atoms with Crippen LogP contribution in [0.25, 0.3) is 0 Å². The zero-order valence-corrected chi connectivity index (χ0v) is 13.5. The number of carbonyl (C=O) groups excluding carboxylic acids is 1. The SMILES string of the molecule is COC1CCCC1(C(=O)OCC(C)C)c1ccc(C)cc1. The van der Waals surface area contributed by atoms with Gasteiger partial charge in [0, 0.05) is 7.11 Å². The Kier molecular flexibility index (Phi) is 5.04. The Bertz CT molecular complexity index is 478. The lowest BCUT2D eigenvalue weighted by molar-refractivity contribution is -0.156. The summed E-state index contributed by atoms with van der Waals surface area (Å²) in [6, 6.07) is 8.20. The molecule has 116 valence electrons. The van der Waals surface area contributed by atoms with Crippen LogP contribution in [-0.2, 0) is 19.7 Å². The van der Waals surface area contributed by atoms with E-state index < -0.39 is 5.41 Å². The highest BCUT2D eigenvalue weighted by molar-refractivity contribution is 5.84. The zero-order valence-electron chi connectivity index (χ0n) is 13.5. The average molecular weight is 290 g/mol. The van der Waals surface area contributed by atoms with E-state index in [-0.39, 0.29) is 12.1 Å². The molecular formula is C18H26O3. The van der Waals surface area contributed by atoms with Crippen LogP contribution in [0.4, 0.5) is 0 Å². The van der Waals surface area contributed by atoms with Gasteiger partial charge in [0.2, 0.25) is 0 Å². The van der Waals surface area contributed by atoms with Crippen molar-refractivity contribution < 1.29 is 14.3 Å². The van der Waals surface area contributed by atoms with E-state index in [1.54, 1.807) is 7.11 Å². The molecule has 0 heterocycles. The van der Waals surface area contributed by atoms with Gasteiger partial charge < -0.3 is 9.47 Å². The molecule has 3 nitrogen and oxygen atoms in total. The molecule has 0 bridgehead atoms. The Morgan fingerprint density at radius 1 is 1.33 bits per heavy atom. The first-order chi connectivity index (χ1) is 10.0. The van der Waals surface area contributed by atoms with Crippen molar-refractivity contribution in [3.05, 3.63) is 35.4 Å². The van der Waals surface area contributed by atoms with Crippen LogP contribution < -0.4 is 0 Å². The fraction of sp³-hybridized carbons (Fsp3) is 0.611. The maximum absolute atomic E-state index is 12.8. The van der Waals surface area contributed by atoms with Gasteiger partial charge in [-0.05, 0) is 37.7 Å². The van der Waals surface area contributed by atoms with E-state index in [1.165, 1.54) is 5.56 Å². The van der Waals surface area contributed by atoms with Crippen molar-refractivity contribution in [3.8, 4) is 0 Å². The summed E-state index contributed by atoms with van der Waals surface area (Å²) in [7, 11) is 1.69. The number of esters is 1. The predicted molar refractivity (Wildman–Crippen MR) is 83.3 cm³/mol. The van der Waals surface area contributed by atoms with Gasteiger partial charge in [0.05, 0.1) is 12.7 Å². The fourth-order valence-corrected chi connectivity index (χ4v) is 3.20. The summed E-state index contributed by atoms with van der Waals surface area (Å²) in [5, 5.41) is 0. The van der Waals surface area contributed by atoms with Crippen LogP contribution in [-0.4, -0.2) is 25.8 Å². The third kappa shape index (κ3) is 3.13. The van der Waals surface area contributed by atoms with Gasteiger partial charge >= 0.3 is 5.97 Å². The van der Waals surface area contributed by atoms with Crippen LogP contribution in [0.3, 0.4) is 0 Å². The molecule has 1 aromatic rings. The molecule has 0 saturated heterocycles. The highest BCUT2D eigenvalue weighted by atomic mass is 16.5. The van der Waals surface area contributed by atoms with Crippen LogP contribution in [0.2, 0.25) is 0 Å². The Labute approximate surface area is 127 Å². The van der Waals surface area contributed by atoms with Crippen molar-refractivity contribution in [3.63, 3.8) is 0 Å². The Morgan fingerprint density at radius 2 is 2.00 bits per heavy atom. The van der Waals surface area contributed by atoms with Crippen LogP contribution >= 0.6 is 0 Å². The molecule has 1 aliphatic carbocycles. The van der Waals surface area contributed by atoms with Crippen LogP contribution in [0.15, 0.2) is 24.3 Å². The number of aryl methyl sites for hydroxylation is 1. The highest BCUT2D eigenvalue weighted by Crippen LogP contribution is 2.44. The maximum Gasteiger partial charge on any atom is 0.319 e. The van der Waals surface area contributed by atoms with Crippen LogP contribution in [0.1, 0.15) is 44.2 Å². The first kappa shape index (κ1) is 16.0. The lowest BCUT2D eigenvalue weighted by Crippen LogP contribution is -2.45. The molecule has 0 N–H and O–H groups in total.